The van der Waals surface area contributed by atoms with Gasteiger partial charge in [-0.3, -0.25) is 0 Å². The Morgan fingerprint density at radius 3 is 2.40 bits per heavy atom. The van der Waals surface area contributed by atoms with Gasteiger partial charge in [-0.25, -0.2) is 4.79 Å². The van der Waals surface area contributed by atoms with Crippen molar-refractivity contribution in [2.24, 2.45) is 0 Å². The van der Waals surface area contributed by atoms with Crippen molar-refractivity contribution in [2.45, 2.75) is 0 Å². The summed E-state index contributed by atoms with van der Waals surface area (Å²) in [5, 5.41) is 18.8. The van der Waals surface area contributed by atoms with Gasteiger partial charge in [-0.05, 0) is 30.3 Å². The van der Waals surface area contributed by atoms with E-state index in [2.05, 4.69) is 0 Å². The van der Waals surface area contributed by atoms with Crippen molar-refractivity contribution < 1.29 is 14.6 Å². The van der Waals surface area contributed by atoms with Crippen LogP contribution in [-0.4, -0.2) is 11.1 Å². The molecule has 4 nitrogen and oxygen atoms in total. The monoisotopic (exact) mass is 307 g/mol. The Balaban J connectivity index is 2.47. The normalized spacial score (nSPS) is 9.85. The van der Waals surface area contributed by atoms with Crippen LogP contribution in [0.4, 0.5) is 0 Å². The molecule has 100 valence electrons. The summed E-state index contributed by atoms with van der Waals surface area (Å²) in [6.45, 7) is 0. The molecule has 0 aliphatic heterocycles. The molecule has 0 atom stereocenters. The molecule has 0 saturated carbocycles. The Labute approximate surface area is 124 Å². The van der Waals surface area contributed by atoms with Gasteiger partial charge in [0.15, 0.2) is 0 Å². The molecule has 0 aliphatic rings. The smallest absolute Gasteiger partial charge is 0.339 e. The molecule has 0 saturated heterocycles. The first-order valence-electron chi connectivity index (χ1n) is 5.41. The maximum atomic E-state index is 11.1. The summed E-state index contributed by atoms with van der Waals surface area (Å²) in [4.78, 5) is 11.1. The quantitative estimate of drug-likeness (QED) is 0.914. The van der Waals surface area contributed by atoms with Gasteiger partial charge in [0.25, 0.3) is 0 Å². The minimum absolute atomic E-state index is 0.0479. The zero-order chi connectivity index (χ0) is 14.7. The lowest BCUT2D eigenvalue weighted by Crippen LogP contribution is -2.00. The highest BCUT2D eigenvalue weighted by Gasteiger charge is 2.14. The molecule has 0 radical (unpaired) electrons. The number of carboxylic acids is 1. The molecule has 0 fully saturated rings. The number of aromatic carboxylic acids is 1. The Kier molecular flexibility index (Phi) is 4.14. The molecule has 2 aromatic carbocycles. The zero-order valence-electron chi connectivity index (χ0n) is 9.93. The van der Waals surface area contributed by atoms with Crippen LogP contribution in [0.15, 0.2) is 36.4 Å². The second-order valence-electron chi connectivity index (χ2n) is 3.80. The van der Waals surface area contributed by atoms with Gasteiger partial charge >= 0.3 is 5.97 Å². The summed E-state index contributed by atoms with van der Waals surface area (Å²) >= 11 is 11.6. The zero-order valence-corrected chi connectivity index (χ0v) is 11.4. The van der Waals surface area contributed by atoms with Crippen LogP contribution in [0.2, 0.25) is 10.0 Å². The molecule has 0 amide bonds. The van der Waals surface area contributed by atoms with E-state index in [0.717, 1.165) is 0 Å². The lowest BCUT2D eigenvalue weighted by atomic mass is 10.2. The SMILES string of the molecule is N#Cc1cc(Cl)ccc1Oc1cc(Cl)ccc1C(=O)O. The van der Waals surface area contributed by atoms with E-state index in [1.54, 1.807) is 6.07 Å². The van der Waals surface area contributed by atoms with Crippen LogP contribution >= 0.6 is 23.2 Å². The van der Waals surface area contributed by atoms with E-state index in [-0.39, 0.29) is 22.6 Å². The van der Waals surface area contributed by atoms with Gasteiger partial charge in [-0.1, -0.05) is 23.2 Å². The summed E-state index contributed by atoms with van der Waals surface area (Å²) < 4.78 is 5.48. The maximum absolute atomic E-state index is 11.1. The van der Waals surface area contributed by atoms with Crippen molar-refractivity contribution in [1.82, 2.24) is 0 Å². The third-order valence-corrected chi connectivity index (χ3v) is 2.93. The van der Waals surface area contributed by atoms with E-state index >= 15 is 0 Å². The number of carboxylic acid groups (broad SMARTS) is 1. The number of hydrogen-bond donors (Lipinski definition) is 1. The molecule has 0 bridgehead atoms. The Bertz CT molecular complexity index is 723. The Morgan fingerprint density at radius 2 is 1.75 bits per heavy atom. The maximum Gasteiger partial charge on any atom is 0.339 e. The highest BCUT2D eigenvalue weighted by Crippen LogP contribution is 2.31. The Hall–Kier alpha value is -2.22. The van der Waals surface area contributed by atoms with Gasteiger partial charge in [0, 0.05) is 16.1 Å². The third kappa shape index (κ3) is 3.02. The van der Waals surface area contributed by atoms with Gasteiger partial charge < -0.3 is 9.84 Å². The van der Waals surface area contributed by atoms with Crippen LogP contribution < -0.4 is 4.74 Å². The molecule has 6 heteroatoms. The highest BCUT2D eigenvalue weighted by molar-refractivity contribution is 6.31. The van der Waals surface area contributed by atoms with Crippen molar-refractivity contribution in [3.63, 3.8) is 0 Å². The molecule has 0 unspecified atom stereocenters. The first-order chi connectivity index (χ1) is 9.51. The number of hydrogen-bond acceptors (Lipinski definition) is 3. The minimum Gasteiger partial charge on any atom is -0.478 e. The largest absolute Gasteiger partial charge is 0.478 e. The van der Waals surface area contributed by atoms with Crippen LogP contribution in [-0.2, 0) is 0 Å². The summed E-state index contributed by atoms with van der Waals surface area (Å²) in [5.41, 5.74) is 0.155. The van der Waals surface area contributed by atoms with Crippen LogP contribution in [0.1, 0.15) is 15.9 Å². The number of nitrogens with zero attached hydrogens (tertiary/aromatic N) is 1. The van der Waals surface area contributed by atoms with Crippen molar-refractivity contribution in [1.29, 1.82) is 5.26 Å². The first-order valence-corrected chi connectivity index (χ1v) is 6.17. The molecule has 1 N–H and O–H groups in total. The third-order valence-electron chi connectivity index (χ3n) is 2.46. The number of nitriles is 1. The molecule has 0 aliphatic carbocycles. The predicted octanol–water partition coefficient (Wildman–Crippen LogP) is 4.36. The van der Waals surface area contributed by atoms with E-state index in [1.807, 2.05) is 6.07 Å². The molecule has 20 heavy (non-hydrogen) atoms. The average Bonchev–Trinajstić information content (AvgIpc) is 2.40. The van der Waals surface area contributed by atoms with E-state index in [0.29, 0.717) is 10.0 Å². The fraction of sp³-hybridized carbons (Fsp3) is 0. The molecule has 0 aromatic heterocycles. The Morgan fingerprint density at radius 1 is 1.10 bits per heavy atom. The summed E-state index contributed by atoms with van der Waals surface area (Å²) in [5.74, 6) is -0.880. The van der Waals surface area contributed by atoms with Crippen LogP contribution in [0.3, 0.4) is 0 Å². The lowest BCUT2D eigenvalue weighted by molar-refractivity contribution is 0.0694. The molecule has 2 aromatic rings. The minimum atomic E-state index is -1.15. The fourth-order valence-corrected chi connectivity index (χ4v) is 1.89. The van der Waals surface area contributed by atoms with Gasteiger partial charge in [0.1, 0.15) is 23.1 Å². The van der Waals surface area contributed by atoms with Crippen molar-refractivity contribution in [2.75, 3.05) is 0 Å². The second-order valence-corrected chi connectivity index (χ2v) is 4.67. The summed E-state index contributed by atoms with van der Waals surface area (Å²) in [6.07, 6.45) is 0. The van der Waals surface area contributed by atoms with Crippen LogP contribution in [0, 0.1) is 11.3 Å². The first kappa shape index (κ1) is 14.2. The van der Waals surface area contributed by atoms with Crippen molar-refractivity contribution >= 4 is 29.2 Å². The van der Waals surface area contributed by atoms with E-state index in [9.17, 15) is 4.79 Å². The van der Waals surface area contributed by atoms with Gasteiger partial charge in [-0.2, -0.15) is 5.26 Å². The topological polar surface area (TPSA) is 70.3 Å². The van der Waals surface area contributed by atoms with E-state index in [4.69, 9.17) is 38.3 Å². The van der Waals surface area contributed by atoms with Crippen molar-refractivity contribution in [3.8, 4) is 17.6 Å². The number of rotatable bonds is 3. The molecular formula is C14H7Cl2NO3. The molecule has 0 heterocycles. The van der Waals surface area contributed by atoms with E-state index in [1.165, 1.54) is 30.3 Å². The molecular weight excluding hydrogens is 301 g/mol. The van der Waals surface area contributed by atoms with E-state index < -0.39 is 5.97 Å². The predicted molar refractivity (Wildman–Crippen MR) is 74.7 cm³/mol. The second kappa shape index (κ2) is 5.83. The number of benzene rings is 2. The molecule has 0 spiro atoms. The van der Waals surface area contributed by atoms with Gasteiger partial charge in [0.05, 0.1) is 5.56 Å². The lowest BCUT2D eigenvalue weighted by Gasteiger charge is -2.10. The van der Waals surface area contributed by atoms with Crippen molar-refractivity contribution in [3.05, 3.63) is 57.6 Å². The standard InChI is InChI=1S/C14H7Cl2NO3/c15-9-2-4-12(8(5-9)7-17)20-13-6-10(16)1-3-11(13)14(18)19/h1-6H,(H,18,19). The number of ether oxygens (including phenoxy) is 1. The van der Waals surface area contributed by atoms with Crippen LogP contribution in [0.25, 0.3) is 0 Å². The average molecular weight is 308 g/mol. The van der Waals surface area contributed by atoms with Gasteiger partial charge in [0.2, 0.25) is 0 Å². The molecule has 2 rings (SSSR count). The highest BCUT2D eigenvalue weighted by atomic mass is 35.5. The summed E-state index contributed by atoms with van der Waals surface area (Å²) in [6, 6.07) is 10.6. The fourth-order valence-electron chi connectivity index (χ4n) is 1.55. The summed E-state index contributed by atoms with van der Waals surface area (Å²) in [7, 11) is 0. The number of halogens is 2. The van der Waals surface area contributed by atoms with Gasteiger partial charge in [-0.15, -0.1) is 0 Å². The number of carbonyl (C=O) groups is 1. The van der Waals surface area contributed by atoms with Crippen LogP contribution in [0.5, 0.6) is 11.5 Å².